The van der Waals surface area contributed by atoms with E-state index in [4.69, 9.17) is 5.26 Å². The summed E-state index contributed by atoms with van der Waals surface area (Å²) in [6.07, 6.45) is 10.5. The molecule has 2 aliphatic heterocycles. The van der Waals surface area contributed by atoms with E-state index in [9.17, 15) is 0 Å². The van der Waals surface area contributed by atoms with E-state index in [2.05, 4.69) is 30.6 Å². The second-order valence-electron chi connectivity index (χ2n) is 3.74. The Kier molecular flexibility index (Phi) is 2.24. The molecule has 3 heteroatoms. The summed E-state index contributed by atoms with van der Waals surface area (Å²) < 4.78 is 0. The molecule has 0 radical (unpaired) electrons. The summed E-state index contributed by atoms with van der Waals surface area (Å²) in [7, 11) is 0. The molecular formula is C10H15N3. The van der Waals surface area contributed by atoms with Gasteiger partial charge in [-0.2, -0.15) is 5.26 Å². The smallest absolute Gasteiger partial charge is 0.181 e. The van der Waals surface area contributed by atoms with Gasteiger partial charge in [0, 0.05) is 6.04 Å². The molecule has 2 aliphatic rings. The standard InChI is InChI=1S/C10H15N3/c1-2-3-4-8-5-6-9-10(12-8)13(9)7-11/h5-6,8-10,12H,2-4H2,1H3/t8-,9-,10+,13?/m1/s1. The minimum atomic E-state index is 0.303. The summed E-state index contributed by atoms with van der Waals surface area (Å²) in [5, 5.41) is 12.1. The Hall–Kier alpha value is -1.01. The van der Waals surface area contributed by atoms with Crippen LogP contribution in [0.2, 0.25) is 0 Å². The lowest BCUT2D eigenvalue weighted by atomic mass is 10.1. The molecule has 0 aliphatic carbocycles. The van der Waals surface area contributed by atoms with Gasteiger partial charge < -0.3 is 0 Å². The Labute approximate surface area is 79.0 Å². The van der Waals surface area contributed by atoms with Crippen LogP contribution in [-0.4, -0.2) is 23.1 Å². The van der Waals surface area contributed by atoms with Crippen LogP contribution in [0, 0.1) is 11.5 Å². The number of fused-ring (bicyclic) bond motifs is 1. The maximum absolute atomic E-state index is 8.70. The molecule has 2 rings (SSSR count). The van der Waals surface area contributed by atoms with Gasteiger partial charge in [0.25, 0.3) is 0 Å². The zero-order valence-electron chi connectivity index (χ0n) is 7.90. The fourth-order valence-electron chi connectivity index (χ4n) is 1.88. The highest BCUT2D eigenvalue weighted by molar-refractivity contribution is 5.23. The quantitative estimate of drug-likeness (QED) is 0.400. The average molecular weight is 177 g/mol. The van der Waals surface area contributed by atoms with Crippen molar-refractivity contribution in [3.05, 3.63) is 12.2 Å². The zero-order valence-corrected chi connectivity index (χ0v) is 7.90. The maximum Gasteiger partial charge on any atom is 0.181 e. The first-order valence-corrected chi connectivity index (χ1v) is 4.99. The van der Waals surface area contributed by atoms with Crippen molar-refractivity contribution in [1.82, 2.24) is 10.2 Å². The van der Waals surface area contributed by atoms with Crippen LogP contribution < -0.4 is 5.32 Å². The summed E-state index contributed by atoms with van der Waals surface area (Å²) in [5.41, 5.74) is 0. The van der Waals surface area contributed by atoms with Crippen molar-refractivity contribution in [2.75, 3.05) is 0 Å². The predicted octanol–water partition coefficient (Wildman–Crippen LogP) is 1.20. The molecule has 0 aromatic heterocycles. The average Bonchev–Trinajstić information content (AvgIpc) is 2.87. The Bertz CT molecular complexity index is 253. The summed E-state index contributed by atoms with van der Waals surface area (Å²) in [6, 6.07) is 0.836. The molecule has 0 aromatic carbocycles. The highest BCUT2D eigenvalue weighted by Crippen LogP contribution is 2.30. The van der Waals surface area contributed by atoms with E-state index in [0.29, 0.717) is 18.2 Å². The molecule has 0 unspecified atom stereocenters. The van der Waals surface area contributed by atoms with Gasteiger partial charge in [-0.3, -0.25) is 10.2 Å². The van der Waals surface area contributed by atoms with Gasteiger partial charge in [0.1, 0.15) is 6.17 Å². The van der Waals surface area contributed by atoms with Crippen LogP contribution in [-0.2, 0) is 0 Å². The fourth-order valence-corrected chi connectivity index (χ4v) is 1.88. The molecule has 0 aromatic rings. The molecule has 1 saturated heterocycles. The minimum Gasteiger partial charge on any atom is -0.288 e. The SMILES string of the molecule is CCCC[C@@H]1C=C[C@@H]2[C@@H](N1)N2C#N. The lowest BCUT2D eigenvalue weighted by Gasteiger charge is -2.15. The number of rotatable bonds is 3. The zero-order chi connectivity index (χ0) is 9.26. The van der Waals surface area contributed by atoms with Crippen molar-refractivity contribution in [3.63, 3.8) is 0 Å². The van der Waals surface area contributed by atoms with Gasteiger partial charge in [0.15, 0.2) is 6.19 Å². The van der Waals surface area contributed by atoms with Gasteiger partial charge in [-0.15, -0.1) is 0 Å². The first-order valence-electron chi connectivity index (χ1n) is 4.99. The van der Waals surface area contributed by atoms with Crippen molar-refractivity contribution < 1.29 is 0 Å². The van der Waals surface area contributed by atoms with Gasteiger partial charge in [0.05, 0.1) is 6.04 Å². The van der Waals surface area contributed by atoms with E-state index in [0.717, 1.165) is 0 Å². The Morgan fingerprint density at radius 1 is 1.54 bits per heavy atom. The summed E-state index contributed by atoms with van der Waals surface area (Å²) in [4.78, 5) is 1.79. The summed E-state index contributed by atoms with van der Waals surface area (Å²) >= 11 is 0. The molecule has 0 saturated carbocycles. The van der Waals surface area contributed by atoms with Crippen LogP contribution >= 0.6 is 0 Å². The number of nitriles is 1. The lowest BCUT2D eigenvalue weighted by molar-refractivity contribution is 0.486. The summed E-state index contributed by atoms with van der Waals surface area (Å²) in [5.74, 6) is 0. The third-order valence-electron chi connectivity index (χ3n) is 2.76. The van der Waals surface area contributed by atoms with Crippen LogP contribution in [0.25, 0.3) is 0 Å². The third kappa shape index (κ3) is 1.54. The molecule has 0 amide bonds. The first-order chi connectivity index (χ1) is 6.36. The Morgan fingerprint density at radius 3 is 3.08 bits per heavy atom. The molecule has 0 spiro atoms. The van der Waals surface area contributed by atoms with Crippen LogP contribution in [0.4, 0.5) is 0 Å². The highest BCUT2D eigenvalue weighted by Gasteiger charge is 2.48. The van der Waals surface area contributed by atoms with Gasteiger partial charge in [-0.1, -0.05) is 31.9 Å². The second-order valence-corrected chi connectivity index (χ2v) is 3.74. The van der Waals surface area contributed by atoms with Crippen molar-refractivity contribution in [2.24, 2.45) is 0 Å². The predicted molar refractivity (Wildman–Crippen MR) is 50.6 cm³/mol. The largest absolute Gasteiger partial charge is 0.288 e. The van der Waals surface area contributed by atoms with Crippen molar-refractivity contribution in [1.29, 1.82) is 5.26 Å². The number of hydrogen-bond donors (Lipinski definition) is 1. The van der Waals surface area contributed by atoms with Crippen molar-refractivity contribution >= 4 is 0 Å². The Balaban J connectivity index is 1.84. The Morgan fingerprint density at radius 2 is 2.38 bits per heavy atom. The molecule has 2 heterocycles. The van der Waals surface area contributed by atoms with Crippen LogP contribution in [0.15, 0.2) is 12.2 Å². The number of hydrogen-bond acceptors (Lipinski definition) is 3. The number of nitrogens with one attached hydrogen (secondary N) is 1. The van der Waals surface area contributed by atoms with Gasteiger partial charge in [0.2, 0.25) is 0 Å². The molecule has 1 fully saturated rings. The number of nitrogens with zero attached hydrogens (tertiary/aromatic N) is 2. The van der Waals surface area contributed by atoms with Crippen LogP contribution in [0.5, 0.6) is 0 Å². The van der Waals surface area contributed by atoms with Crippen LogP contribution in [0.3, 0.4) is 0 Å². The van der Waals surface area contributed by atoms with Crippen molar-refractivity contribution in [2.45, 2.75) is 44.4 Å². The van der Waals surface area contributed by atoms with Crippen molar-refractivity contribution in [3.8, 4) is 6.19 Å². The second kappa shape index (κ2) is 3.39. The molecule has 0 bridgehead atoms. The molecular weight excluding hydrogens is 162 g/mol. The van der Waals surface area contributed by atoms with E-state index >= 15 is 0 Å². The van der Waals surface area contributed by atoms with Gasteiger partial charge in [-0.05, 0) is 6.42 Å². The van der Waals surface area contributed by atoms with Gasteiger partial charge in [-0.25, -0.2) is 0 Å². The van der Waals surface area contributed by atoms with E-state index < -0.39 is 0 Å². The van der Waals surface area contributed by atoms with E-state index in [1.807, 2.05) is 0 Å². The number of unbranched alkanes of at least 4 members (excludes halogenated alkanes) is 1. The highest BCUT2D eigenvalue weighted by atomic mass is 15.4. The molecule has 1 N–H and O–H groups in total. The fraction of sp³-hybridized carbons (Fsp3) is 0.700. The minimum absolute atomic E-state index is 0.303. The van der Waals surface area contributed by atoms with E-state index in [1.165, 1.54) is 19.3 Å². The molecule has 70 valence electrons. The topological polar surface area (TPSA) is 38.8 Å². The first kappa shape index (κ1) is 8.58. The van der Waals surface area contributed by atoms with Crippen LogP contribution in [0.1, 0.15) is 26.2 Å². The third-order valence-corrected chi connectivity index (χ3v) is 2.76. The van der Waals surface area contributed by atoms with Gasteiger partial charge >= 0.3 is 0 Å². The molecule has 3 nitrogen and oxygen atoms in total. The summed E-state index contributed by atoms with van der Waals surface area (Å²) in [6.45, 7) is 2.20. The molecule has 13 heavy (non-hydrogen) atoms. The van der Waals surface area contributed by atoms with E-state index in [-0.39, 0.29) is 0 Å². The lowest BCUT2D eigenvalue weighted by Crippen LogP contribution is -2.34. The monoisotopic (exact) mass is 177 g/mol. The normalized spacial score (nSPS) is 35.4. The maximum atomic E-state index is 8.70. The van der Waals surface area contributed by atoms with E-state index in [1.54, 1.807) is 4.90 Å². The molecule has 3 atom stereocenters.